The van der Waals surface area contributed by atoms with Gasteiger partial charge in [-0.3, -0.25) is 4.79 Å². The van der Waals surface area contributed by atoms with Gasteiger partial charge in [0.15, 0.2) is 0 Å². The number of aromatic nitrogens is 2. The van der Waals surface area contributed by atoms with Crippen molar-refractivity contribution in [1.29, 1.82) is 0 Å². The summed E-state index contributed by atoms with van der Waals surface area (Å²) >= 11 is 0. The van der Waals surface area contributed by atoms with Crippen LogP contribution in [0.5, 0.6) is 6.01 Å². The van der Waals surface area contributed by atoms with Crippen LogP contribution in [0, 0.1) is 6.92 Å². The Hall–Kier alpha value is -2.96. The third-order valence-corrected chi connectivity index (χ3v) is 8.17. The first-order chi connectivity index (χ1) is 19.2. The summed E-state index contributed by atoms with van der Waals surface area (Å²) in [5, 5.41) is 3.70. The molecular weight excluding hydrogens is 527 g/mol. The van der Waals surface area contributed by atoms with Gasteiger partial charge in [-0.2, -0.15) is 23.1 Å². The number of anilines is 1. The molecule has 1 N–H and O–H groups in total. The topological polar surface area (TPSA) is 89.0 Å². The highest BCUT2D eigenvalue weighted by Crippen LogP contribution is 2.34. The van der Waals surface area contributed by atoms with Gasteiger partial charge in [-0.1, -0.05) is 6.07 Å². The third-order valence-electron chi connectivity index (χ3n) is 8.17. The van der Waals surface area contributed by atoms with E-state index >= 15 is 0 Å². The van der Waals surface area contributed by atoms with Crippen LogP contribution < -0.4 is 15.0 Å². The molecule has 2 fully saturated rings. The molecule has 5 rings (SSSR count). The number of hydrogen-bond donors (Lipinski definition) is 1. The predicted octanol–water partition coefficient (Wildman–Crippen LogP) is 3.37. The highest BCUT2D eigenvalue weighted by molar-refractivity contribution is 5.95. The Morgan fingerprint density at radius 2 is 1.88 bits per heavy atom. The lowest BCUT2D eigenvalue weighted by molar-refractivity contribution is -0.137. The van der Waals surface area contributed by atoms with Crippen molar-refractivity contribution in [3.05, 3.63) is 46.1 Å². The summed E-state index contributed by atoms with van der Waals surface area (Å²) in [6.07, 6.45) is -1.33. The first-order valence-electron chi connectivity index (χ1n) is 13.7. The Balaban J connectivity index is 1.30. The van der Waals surface area contributed by atoms with Crippen molar-refractivity contribution in [3.8, 4) is 6.01 Å². The smallest absolute Gasteiger partial charge is 0.416 e. The number of benzene rings is 1. The zero-order valence-corrected chi connectivity index (χ0v) is 23.1. The summed E-state index contributed by atoms with van der Waals surface area (Å²) in [6.45, 7) is 5.03. The van der Waals surface area contributed by atoms with Crippen molar-refractivity contribution in [2.45, 2.75) is 63.5 Å². The van der Waals surface area contributed by atoms with Gasteiger partial charge in [0.2, 0.25) is 0 Å². The lowest BCUT2D eigenvalue weighted by Crippen LogP contribution is -2.54. The van der Waals surface area contributed by atoms with Gasteiger partial charge in [0.1, 0.15) is 11.5 Å². The number of likely N-dealkylation sites (tertiary alicyclic amines) is 1. The highest BCUT2D eigenvalue weighted by Gasteiger charge is 2.34. The average Bonchev–Trinajstić information content (AvgIpc) is 2.96. The van der Waals surface area contributed by atoms with Gasteiger partial charge in [0.05, 0.1) is 25.4 Å². The maximum Gasteiger partial charge on any atom is 0.416 e. The normalized spacial score (nSPS) is 22.2. The molecule has 1 aromatic carbocycles. The van der Waals surface area contributed by atoms with Crippen molar-refractivity contribution >= 4 is 11.7 Å². The van der Waals surface area contributed by atoms with Crippen molar-refractivity contribution in [2.24, 2.45) is 0 Å². The van der Waals surface area contributed by atoms with E-state index in [0.717, 1.165) is 30.9 Å². The van der Waals surface area contributed by atoms with E-state index in [1.165, 1.54) is 13.2 Å². The zero-order valence-electron chi connectivity index (χ0n) is 23.1. The monoisotopic (exact) mass is 563 g/mol. The fourth-order valence-electron chi connectivity index (χ4n) is 5.84. The molecule has 3 aliphatic heterocycles. The van der Waals surface area contributed by atoms with E-state index in [0.29, 0.717) is 56.2 Å². The SMILES string of the molecule is COc1nc(C(=O)N2CCC(N[C@H]3CCOC[C@H]3OC)CC2)c(C)c(N2CCc3ccc(C(F)(F)F)cc3C2)n1. The molecule has 0 unspecified atom stereocenters. The molecule has 0 radical (unpaired) electrons. The molecule has 12 heteroatoms. The summed E-state index contributed by atoms with van der Waals surface area (Å²) in [7, 11) is 3.13. The van der Waals surface area contributed by atoms with E-state index < -0.39 is 11.7 Å². The third kappa shape index (κ3) is 6.03. The number of piperidine rings is 1. The first-order valence-corrected chi connectivity index (χ1v) is 13.7. The van der Waals surface area contributed by atoms with Gasteiger partial charge >= 0.3 is 12.2 Å². The fourth-order valence-corrected chi connectivity index (χ4v) is 5.84. The van der Waals surface area contributed by atoms with E-state index in [1.54, 1.807) is 25.0 Å². The molecular formula is C28H36F3N5O4. The fraction of sp³-hybridized carbons (Fsp3) is 0.607. The maximum atomic E-state index is 13.7. The van der Waals surface area contributed by atoms with Crippen LogP contribution in [0.4, 0.5) is 19.0 Å². The van der Waals surface area contributed by atoms with Crippen LogP contribution in [0.2, 0.25) is 0 Å². The lowest BCUT2D eigenvalue weighted by Gasteiger charge is -2.38. The number of carbonyl (C=O) groups is 1. The second kappa shape index (κ2) is 11.9. The highest BCUT2D eigenvalue weighted by atomic mass is 19.4. The van der Waals surface area contributed by atoms with Crippen molar-refractivity contribution in [1.82, 2.24) is 20.2 Å². The molecule has 2 saturated heterocycles. The molecule has 2 aromatic rings. The summed E-state index contributed by atoms with van der Waals surface area (Å²) in [6, 6.07) is 4.44. The number of nitrogens with zero attached hydrogens (tertiary/aromatic N) is 4. The lowest BCUT2D eigenvalue weighted by atomic mass is 9.96. The molecule has 40 heavy (non-hydrogen) atoms. The molecule has 0 spiro atoms. The largest absolute Gasteiger partial charge is 0.467 e. The van der Waals surface area contributed by atoms with Gasteiger partial charge in [0.25, 0.3) is 5.91 Å². The molecule has 0 bridgehead atoms. The van der Waals surface area contributed by atoms with Crippen LogP contribution in [-0.4, -0.2) is 86.0 Å². The minimum Gasteiger partial charge on any atom is -0.467 e. The van der Waals surface area contributed by atoms with Crippen LogP contribution >= 0.6 is 0 Å². The number of rotatable bonds is 6. The molecule has 0 saturated carbocycles. The minimum absolute atomic E-state index is 0.0183. The van der Waals surface area contributed by atoms with Crippen LogP contribution in [0.25, 0.3) is 0 Å². The molecule has 0 aliphatic carbocycles. The summed E-state index contributed by atoms with van der Waals surface area (Å²) < 4.78 is 56.4. The zero-order chi connectivity index (χ0) is 28.4. The van der Waals surface area contributed by atoms with Gasteiger partial charge < -0.3 is 29.3 Å². The minimum atomic E-state index is -4.41. The number of fused-ring (bicyclic) bond motifs is 1. The van der Waals surface area contributed by atoms with Gasteiger partial charge in [-0.15, -0.1) is 0 Å². The number of hydrogen-bond acceptors (Lipinski definition) is 8. The Morgan fingerprint density at radius 3 is 2.58 bits per heavy atom. The van der Waals surface area contributed by atoms with Gasteiger partial charge in [-0.25, -0.2) is 0 Å². The quantitative estimate of drug-likeness (QED) is 0.573. The number of ether oxygens (including phenoxy) is 3. The number of amides is 1. The van der Waals surface area contributed by atoms with Crippen LogP contribution in [0.15, 0.2) is 18.2 Å². The van der Waals surface area contributed by atoms with Gasteiger partial charge in [0, 0.05) is 57.5 Å². The molecule has 9 nitrogen and oxygen atoms in total. The molecule has 2 atom stereocenters. The number of carbonyl (C=O) groups excluding carboxylic acids is 1. The average molecular weight is 564 g/mol. The summed E-state index contributed by atoms with van der Waals surface area (Å²) in [5.74, 6) is 0.301. The number of halogens is 3. The van der Waals surface area contributed by atoms with E-state index in [9.17, 15) is 18.0 Å². The van der Waals surface area contributed by atoms with Crippen LogP contribution in [-0.2, 0) is 28.6 Å². The predicted molar refractivity (Wildman–Crippen MR) is 142 cm³/mol. The molecule has 1 aromatic heterocycles. The van der Waals surface area contributed by atoms with Crippen molar-refractivity contribution in [2.75, 3.05) is 52.0 Å². The van der Waals surface area contributed by atoms with E-state index in [2.05, 4.69) is 15.3 Å². The van der Waals surface area contributed by atoms with E-state index in [-0.39, 0.29) is 42.3 Å². The van der Waals surface area contributed by atoms with Crippen molar-refractivity contribution in [3.63, 3.8) is 0 Å². The Kier molecular flexibility index (Phi) is 8.48. The van der Waals surface area contributed by atoms with E-state index in [4.69, 9.17) is 14.2 Å². The Bertz CT molecular complexity index is 1220. The molecule has 4 heterocycles. The van der Waals surface area contributed by atoms with Crippen LogP contribution in [0.1, 0.15) is 52.0 Å². The van der Waals surface area contributed by atoms with Gasteiger partial charge in [-0.05, 0) is 55.9 Å². The Labute approximate surface area is 232 Å². The number of nitrogens with one attached hydrogen (secondary N) is 1. The van der Waals surface area contributed by atoms with Crippen molar-refractivity contribution < 1.29 is 32.2 Å². The first kappa shape index (κ1) is 28.6. The summed E-state index contributed by atoms with van der Waals surface area (Å²) in [4.78, 5) is 26.3. The van der Waals surface area contributed by atoms with E-state index in [1.807, 2.05) is 4.90 Å². The number of alkyl halides is 3. The number of methoxy groups -OCH3 is 2. The van der Waals surface area contributed by atoms with Crippen LogP contribution in [0.3, 0.4) is 0 Å². The maximum absolute atomic E-state index is 13.7. The molecule has 1 amide bonds. The second-order valence-corrected chi connectivity index (χ2v) is 10.6. The Morgan fingerprint density at radius 1 is 1.10 bits per heavy atom. The summed E-state index contributed by atoms with van der Waals surface area (Å²) in [5.41, 5.74) is 1.65. The molecule has 3 aliphatic rings. The molecule has 218 valence electrons. The standard InChI is InChI=1S/C28H36F3N5O4/c1-17-24(26(37)35-11-7-21(8-12-35)32-22-9-13-40-16-23(22)38-2)33-27(39-3)34-25(17)36-10-6-18-4-5-20(28(29,30)31)14-19(18)15-36/h4-5,14,21-23,32H,6-13,15-16H2,1-3H3/t22-,23+/m0/s1. The second-order valence-electron chi connectivity index (χ2n) is 10.6.